The highest BCUT2D eigenvalue weighted by Crippen LogP contribution is 2.63. The van der Waals surface area contributed by atoms with E-state index in [1.807, 2.05) is 54.6 Å². The fourth-order valence-corrected chi connectivity index (χ4v) is 7.47. The van der Waals surface area contributed by atoms with Gasteiger partial charge in [-0.05, 0) is 73.2 Å². The van der Waals surface area contributed by atoms with Gasteiger partial charge < -0.3 is 4.74 Å². The first-order chi connectivity index (χ1) is 17.3. The molecule has 2 aromatic carbocycles. The lowest BCUT2D eigenvalue weighted by Crippen LogP contribution is -2.54. The van der Waals surface area contributed by atoms with E-state index in [-0.39, 0.29) is 23.3 Å². The maximum absolute atomic E-state index is 12.7. The molecule has 36 heavy (non-hydrogen) atoms. The predicted molar refractivity (Wildman–Crippen MR) is 140 cm³/mol. The van der Waals surface area contributed by atoms with Crippen LogP contribution in [0.3, 0.4) is 0 Å². The summed E-state index contributed by atoms with van der Waals surface area (Å²) in [5.74, 6) is 1.31. The Balaban J connectivity index is 1.13. The largest absolute Gasteiger partial charge is 0.462 e. The molecule has 0 aliphatic heterocycles. The zero-order chi connectivity index (χ0) is 25.3. The SMILES string of the molecule is C[C@]12CCC(=O)C[C@@H]1[C@@]1(C)CC[C@@H](OC(=O)CCc3ccc(C(=O)c4ccccc4)cc3)C[C@@H]1CC2. The van der Waals surface area contributed by atoms with Crippen LogP contribution in [-0.4, -0.2) is 23.6 Å². The van der Waals surface area contributed by atoms with Crippen molar-refractivity contribution in [2.24, 2.45) is 22.7 Å². The molecular formula is C32H38O4. The molecule has 3 aliphatic rings. The second-order valence-corrected chi connectivity index (χ2v) is 12.0. The van der Waals surface area contributed by atoms with Crippen molar-refractivity contribution >= 4 is 17.5 Å². The van der Waals surface area contributed by atoms with Gasteiger partial charge in [-0.3, -0.25) is 14.4 Å². The third-order valence-electron chi connectivity index (χ3n) is 9.76. The fourth-order valence-electron chi connectivity index (χ4n) is 7.47. The van der Waals surface area contributed by atoms with Gasteiger partial charge in [0, 0.05) is 30.4 Å². The lowest BCUT2D eigenvalue weighted by atomic mass is 9.45. The van der Waals surface area contributed by atoms with E-state index < -0.39 is 0 Å². The fraction of sp³-hybridized carbons (Fsp3) is 0.531. The van der Waals surface area contributed by atoms with Crippen LogP contribution in [0.4, 0.5) is 0 Å². The molecule has 0 radical (unpaired) electrons. The van der Waals surface area contributed by atoms with Crippen LogP contribution < -0.4 is 0 Å². The topological polar surface area (TPSA) is 60.4 Å². The number of ether oxygens (including phenoxy) is 1. The Morgan fingerprint density at radius 2 is 1.64 bits per heavy atom. The summed E-state index contributed by atoms with van der Waals surface area (Å²) in [6, 6.07) is 16.8. The molecule has 5 atom stereocenters. The summed E-state index contributed by atoms with van der Waals surface area (Å²) < 4.78 is 5.95. The van der Waals surface area contributed by atoms with Crippen LogP contribution in [-0.2, 0) is 20.7 Å². The maximum Gasteiger partial charge on any atom is 0.306 e. The summed E-state index contributed by atoms with van der Waals surface area (Å²) >= 11 is 0. The smallest absolute Gasteiger partial charge is 0.306 e. The average Bonchev–Trinajstić information content (AvgIpc) is 2.89. The highest BCUT2D eigenvalue weighted by Gasteiger charge is 2.56. The number of hydrogen-bond donors (Lipinski definition) is 0. The van der Waals surface area contributed by atoms with Crippen LogP contribution in [0.15, 0.2) is 54.6 Å². The molecule has 0 unspecified atom stereocenters. The monoisotopic (exact) mass is 486 g/mol. The molecule has 3 aliphatic carbocycles. The van der Waals surface area contributed by atoms with Gasteiger partial charge in [-0.15, -0.1) is 0 Å². The zero-order valence-electron chi connectivity index (χ0n) is 21.6. The predicted octanol–water partition coefficient (Wildman–Crippen LogP) is 6.74. The molecule has 0 aromatic heterocycles. The van der Waals surface area contributed by atoms with E-state index in [9.17, 15) is 14.4 Å². The van der Waals surface area contributed by atoms with E-state index in [2.05, 4.69) is 13.8 Å². The van der Waals surface area contributed by atoms with Gasteiger partial charge in [0.25, 0.3) is 0 Å². The average molecular weight is 487 g/mol. The molecule has 0 spiro atoms. The van der Waals surface area contributed by atoms with E-state index in [4.69, 9.17) is 4.74 Å². The highest BCUT2D eigenvalue weighted by molar-refractivity contribution is 6.08. The number of aryl methyl sites for hydroxylation is 1. The van der Waals surface area contributed by atoms with Gasteiger partial charge in [-0.1, -0.05) is 68.4 Å². The Morgan fingerprint density at radius 3 is 2.39 bits per heavy atom. The van der Waals surface area contributed by atoms with E-state index in [1.54, 1.807) is 0 Å². The summed E-state index contributed by atoms with van der Waals surface area (Å²) in [4.78, 5) is 37.6. The second-order valence-electron chi connectivity index (χ2n) is 12.0. The van der Waals surface area contributed by atoms with E-state index in [0.29, 0.717) is 47.0 Å². The third kappa shape index (κ3) is 4.92. The van der Waals surface area contributed by atoms with Crippen molar-refractivity contribution < 1.29 is 19.1 Å². The number of carbonyl (C=O) groups excluding carboxylic acids is 3. The van der Waals surface area contributed by atoms with E-state index >= 15 is 0 Å². The van der Waals surface area contributed by atoms with Gasteiger partial charge in [-0.2, -0.15) is 0 Å². The summed E-state index contributed by atoms with van der Waals surface area (Å²) in [6.45, 7) is 4.81. The molecule has 0 amide bonds. The molecule has 3 fully saturated rings. The van der Waals surface area contributed by atoms with Crippen LogP contribution in [0.5, 0.6) is 0 Å². The molecule has 0 bridgehead atoms. The van der Waals surface area contributed by atoms with Crippen LogP contribution in [0.1, 0.15) is 93.1 Å². The van der Waals surface area contributed by atoms with Crippen molar-refractivity contribution in [1.29, 1.82) is 0 Å². The van der Waals surface area contributed by atoms with Gasteiger partial charge in [0.15, 0.2) is 5.78 Å². The summed E-state index contributed by atoms with van der Waals surface area (Å²) in [6.07, 6.45) is 8.71. The number of benzene rings is 2. The summed E-state index contributed by atoms with van der Waals surface area (Å²) in [5, 5.41) is 0. The Kier molecular flexibility index (Phi) is 6.89. The second kappa shape index (κ2) is 9.95. The lowest BCUT2D eigenvalue weighted by Gasteiger charge is -2.60. The summed E-state index contributed by atoms with van der Waals surface area (Å²) in [7, 11) is 0. The molecule has 0 heterocycles. The third-order valence-corrected chi connectivity index (χ3v) is 9.76. The Morgan fingerprint density at radius 1 is 0.917 bits per heavy atom. The van der Waals surface area contributed by atoms with Crippen molar-refractivity contribution in [3.05, 3.63) is 71.3 Å². The molecule has 2 aromatic rings. The zero-order valence-corrected chi connectivity index (χ0v) is 21.6. The molecule has 0 saturated heterocycles. The van der Waals surface area contributed by atoms with Gasteiger partial charge in [-0.25, -0.2) is 0 Å². The van der Waals surface area contributed by atoms with Gasteiger partial charge in [0.05, 0.1) is 0 Å². The Bertz CT molecular complexity index is 1120. The minimum Gasteiger partial charge on any atom is -0.462 e. The minimum absolute atomic E-state index is 0.00600. The number of carbonyl (C=O) groups is 3. The molecule has 190 valence electrons. The Hall–Kier alpha value is -2.75. The first-order valence-electron chi connectivity index (χ1n) is 13.7. The number of esters is 1. The number of Topliss-reactive ketones (excluding diaryl/α,β-unsaturated/α-hetero) is 1. The summed E-state index contributed by atoms with van der Waals surface area (Å²) in [5.41, 5.74) is 2.84. The van der Waals surface area contributed by atoms with Crippen LogP contribution in [0.25, 0.3) is 0 Å². The lowest BCUT2D eigenvalue weighted by molar-refractivity contribution is -0.164. The highest BCUT2D eigenvalue weighted by atomic mass is 16.5. The number of rotatable bonds is 6. The quantitative estimate of drug-likeness (QED) is 0.335. The molecular weight excluding hydrogens is 448 g/mol. The molecule has 4 heteroatoms. The van der Waals surface area contributed by atoms with Gasteiger partial charge in [0.2, 0.25) is 0 Å². The van der Waals surface area contributed by atoms with E-state index in [0.717, 1.165) is 44.1 Å². The van der Waals surface area contributed by atoms with Crippen molar-refractivity contribution in [3.8, 4) is 0 Å². The van der Waals surface area contributed by atoms with Crippen LogP contribution in [0.2, 0.25) is 0 Å². The van der Waals surface area contributed by atoms with Gasteiger partial charge >= 0.3 is 5.97 Å². The van der Waals surface area contributed by atoms with Gasteiger partial charge in [0.1, 0.15) is 11.9 Å². The first kappa shape index (κ1) is 24.9. The molecule has 5 rings (SSSR count). The maximum atomic E-state index is 12.7. The number of hydrogen-bond acceptors (Lipinski definition) is 4. The number of fused-ring (bicyclic) bond motifs is 3. The van der Waals surface area contributed by atoms with Crippen LogP contribution in [0, 0.1) is 22.7 Å². The van der Waals surface area contributed by atoms with Crippen molar-refractivity contribution in [3.63, 3.8) is 0 Å². The van der Waals surface area contributed by atoms with Crippen LogP contribution >= 0.6 is 0 Å². The molecule has 3 saturated carbocycles. The standard InChI is InChI=1S/C32H38O4/c1-31-17-14-25-20-27(16-19-32(25,2)28(31)21-26(33)15-18-31)36-29(34)13-10-22-8-11-24(12-9-22)30(35)23-6-4-3-5-7-23/h3-9,11-12,25,27-28H,10,13-21H2,1-2H3/t25-,27+,28-,31-,32-/m0/s1. The minimum atomic E-state index is -0.137. The number of ketones is 2. The van der Waals surface area contributed by atoms with Crippen molar-refractivity contribution in [2.75, 3.05) is 0 Å². The first-order valence-corrected chi connectivity index (χ1v) is 13.7. The van der Waals surface area contributed by atoms with Crippen molar-refractivity contribution in [1.82, 2.24) is 0 Å². The molecule has 4 nitrogen and oxygen atoms in total. The normalized spacial score (nSPS) is 31.7. The molecule has 0 N–H and O–H groups in total. The Labute approximate surface area is 214 Å². The van der Waals surface area contributed by atoms with E-state index in [1.165, 1.54) is 12.8 Å². The van der Waals surface area contributed by atoms with Crippen molar-refractivity contribution in [2.45, 2.75) is 84.2 Å².